The molecule has 0 aliphatic heterocycles. The first kappa shape index (κ1) is 14.7. The Morgan fingerprint density at radius 1 is 1.39 bits per heavy atom. The molecule has 1 aromatic carbocycles. The summed E-state index contributed by atoms with van der Waals surface area (Å²) < 4.78 is 5.10. The van der Waals surface area contributed by atoms with Crippen LogP contribution >= 0.6 is 0 Å². The summed E-state index contributed by atoms with van der Waals surface area (Å²) in [4.78, 5) is 11.0. The zero-order chi connectivity index (χ0) is 13.5. The second-order valence-corrected chi connectivity index (χ2v) is 4.55. The van der Waals surface area contributed by atoms with Gasteiger partial charge >= 0.3 is 0 Å². The Bertz CT molecular complexity index is 393. The van der Waals surface area contributed by atoms with Crippen LogP contribution in [0.1, 0.15) is 32.4 Å². The summed E-state index contributed by atoms with van der Waals surface area (Å²) >= 11 is 0. The van der Waals surface area contributed by atoms with E-state index in [-0.39, 0.29) is 18.0 Å². The van der Waals surface area contributed by atoms with Gasteiger partial charge in [-0.25, -0.2) is 0 Å². The van der Waals surface area contributed by atoms with Crippen LogP contribution < -0.4 is 10.6 Å². The van der Waals surface area contributed by atoms with E-state index >= 15 is 0 Å². The molecule has 0 bridgehead atoms. The number of carbonyl (C=O) groups excluding carboxylic acids is 1. The lowest BCUT2D eigenvalue weighted by molar-refractivity contribution is -0.114. The van der Waals surface area contributed by atoms with E-state index in [0.29, 0.717) is 6.61 Å². The van der Waals surface area contributed by atoms with Crippen LogP contribution in [0.25, 0.3) is 0 Å². The molecule has 0 aliphatic rings. The smallest absolute Gasteiger partial charge is 0.221 e. The van der Waals surface area contributed by atoms with Gasteiger partial charge in [0.25, 0.3) is 0 Å². The van der Waals surface area contributed by atoms with E-state index in [4.69, 9.17) is 4.74 Å². The van der Waals surface area contributed by atoms with E-state index in [9.17, 15) is 4.79 Å². The molecule has 4 nitrogen and oxygen atoms in total. The van der Waals surface area contributed by atoms with Gasteiger partial charge in [-0.3, -0.25) is 4.79 Å². The lowest BCUT2D eigenvalue weighted by Crippen LogP contribution is -2.32. The summed E-state index contributed by atoms with van der Waals surface area (Å²) in [7, 11) is 1.69. The van der Waals surface area contributed by atoms with Gasteiger partial charge in [-0.1, -0.05) is 12.1 Å². The van der Waals surface area contributed by atoms with E-state index in [2.05, 4.69) is 24.5 Å². The average molecular weight is 250 g/mol. The van der Waals surface area contributed by atoms with E-state index in [1.54, 1.807) is 7.11 Å². The lowest BCUT2D eigenvalue weighted by atomic mass is 10.1. The number of amides is 1. The first-order valence-electron chi connectivity index (χ1n) is 6.15. The van der Waals surface area contributed by atoms with Crippen LogP contribution in [0.3, 0.4) is 0 Å². The number of methoxy groups -OCH3 is 1. The Morgan fingerprint density at radius 2 is 2.11 bits per heavy atom. The summed E-state index contributed by atoms with van der Waals surface area (Å²) in [5, 5.41) is 6.23. The van der Waals surface area contributed by atoms with E-state index in [0.717, 1.165) is 11.3 Å². The van der Waals surface area contributed by atoms with Crippen molar-refractivity contribution < 1.29 is 9.53 Å². The van der Waals surface area contributed by atoms with Crippen molar-refractivity contribution in [1.82, 2.24) is 5.32 Å². The van der Waals surface area contributed by atoms with Crippen molar-refractivity contribution in [2.45, 2.75) is 32.9 Å². The number of hydrogen-bond donors (Lipinski definition) is 2. The number of carbonyl (C=O) groups is 1. The number of anilines is 1. The van der Waals surface area contributed by atoms with E-state index in [1.807, 2.05) is 24.3 Å². The first-order chi connectivity index (χ1) is 8.52. The molecule has 0 aliphatic carbocycles. The molecular formula is C14H22N2O2. The monoisotopic (exact) mass is 250 g/mol. The molecule has 0 radical (unpaired) electrons. The Balaban J connectivity index is 2.67. The molecule has 2 N–H and O–H groups in total. The predicted octanol–water partition coefficient (Wildman–Crippen LogP) is 2.33. The normalized spacial score (nSPS) is 14.0. The third-order valence-electron chi connectivity index (χ3n) is 2.66. The highest BCUT2D eigenvalue weighted by Crippen LogP contribution is 2.17. The Hall–Kier alpha value is -1.39. The molecule has 1 aromatic rings. The molecule has 0 saturated carbocycles. The predicted molar refractivity (Wildman–Crippen MR) is 73.6 cm³/mol. The summed E-state index contributed by atoms with van der Waals surface area (Å²) in [6.45, 7) is 6.36. The number of ether oxygens (including phenoxy) is 1. The molecule has 0 spiro atoms. The Morgan fingerprint density at radius 3 is 2.72 bits per heavy atom. The number of rotatable bonds is 6. The van der Waals surface area contributed by atoms with Crippen LogP contribution in [0.4, 0.5) is 5.69 Å². The molecule has 1 rings (SSSR count). The van der Waals surface area contributed by atoms with Gasteiger partial charge in [-0.2, -0.15) is 0 Å². The number of benzene rings is 1. The van der Waals surface area contributed by atoms with Gasteiger partial charge in [-0.15, -0.1) is 0 Å². The zero-order valence-electron chi connectivity index (χ0n) is 11.5. The molecule has 2 unspecified atom stereocenters. The molecule has 0 aromatic heterocycles. The van der Waals surface area contributed by atoms with E-state index < -0.39 is 0 Å². The van der Waals surface area contributed by atoms with Crippen LogP contribution in [0, 0.1) is 0 Å². The zero-order valence-corrected chi connectivity index (χ0v) is 11.5. The van der Waals surface area contributed by atoms with Crippen LogP contribution in [-0.4, -0.2) is 25.7 Å². The maximum atomic E-state index is 11.0. The van der Waals surface area contributed by atoms with Gasteiger partial charge in [0.2, 0.25) is 5.91 Å². The topological polar surface area (TPSA) is 50.4 Å². The lowest BCUT2D eigenvalue weighted by Gasteiger charge is -2.20. The first-order valence-corrected chi connectivity index (χ1v) is 6.15. The molecule has 1 amide bonds. The van der Waals surface area contributed by atoms with Gasteiger partial charge in [0.1, 0.15) is 0 Å². The van der Waals surface area contributed by atoms with Crippen molar-refractivity contribution in [3.8, 4) is 0 Å². The largest absolute Gasteiger partial charge is 0.383 e. The molecule has 100 valence electrons. The molecule has 0 fully saturated rings. The van der Waals surface area contributed by atoms with Gasteiger partial charge < -0.3 is 15.4 Å². The van der Waals surface area contributed by atoms with E-state index in [1.165, 1.54) is 6.92 Å². The molecular weight excluding hydrogens is 228 g/mol. The quantitative estimate of drug-likeness (QED) is 0.814. The van der Waals surface area contributed by atoms with Gasteiger partial charge in [0.05, 0.1) is 6.61 Å². The second kappa shape index (κ2) is 7.13. The molecule has 4 heteroatoms. The highest BCUT2D eigenvalue weighted by atomic mass is 16.5. The highest BCUT2D eigenvalue weighted by Gasteiger charge is 2.09. The van der Waals surface area contributed by atoms with Crippen molar-refractivity contribution >= 4 is 11.6 Å². The van der Waals surface area contributed by atoms with Gasteiger partial charge in [0, 0.05) is 31.8 Å². The fraction of sp³-hybridized carbons (Fsp3) is 0.500. The van der Waals surface area contributed by atoms with Crippen LogP contribution in [0.15, 0.2) is 24.3 Å². The fourth-order valence-corrected chi connectivity index (χ4v) is 1.91. The van der Waals surface area contributed by atoms with Crippen molar-refractivity contribution in [1.29, 1.82) is 0 Å². The standard InChI is InChI=1S/C14H22N2O2/c1-10(9-18-4)15-11(2)13-6-5-7-14(8-13)16-12(3)17/h5-8,10-11,15H,9H2,1-4H3,(H,16,17). The summed E-state index contributed by atoms with van der Waals surface area (Å²) in [5.41, 5.74) is 1.97. The summed E-state index contributed by atoms with van der Waals surface area (Å²) in [5.74, 6) is -0.0551. The van der Waals surface area contributed by atoms with Crippen LogP contribution in [0.5, 0.6) is 0 Å². The average Bonchev–Trinajstić information content (AvgIpc) is 2.28. The maximum absolute atomic E-state index is 11.0. The third-order valence-corrected chi connectivity index (χ3v) is 2.66. The highest BCUT2D eigenvalue weighted by molar-refractivity contribution is 5.88. The van der Waals surface area contributed by atoms with Crippen molar-refractivity contribution in [2.75, 3.05) is 19.0 Å². The molecule has 0 heterocycles. The Kier molecular flexibility index (Phi) is 5.82. The van der Waals surface area contributed by atoms with Crippen molar-refractivity contribution in [3.05, 3.63) is 29.8 Å². The minimum absolute atomic E-state index is 0.0551. The number of hydrogen-bond acceptors (Lipinski definition) is 3. The fourth-order valence-electron chi connectivity index (χ4n) is 1.91. The van der Waals surface area contributed by atoms with Crippen molar-refractivity contribution in [2.24, 2.45) is 0 Å². The summed E-state index contributed by atoms with van der Waals surface area (Å²) in [6.07, 6.45) is 0. The third kappa shape index (κ3) is 4.85. The van der Waals surface area contributed by atoms with Gasteiger partial charge in [0.15, 0.2) is 0 Å². The minimum Gasteiger partial charge on any atom is -0.383 e. The second-order valence-electron chi connectivity index (χ2n) is 4.55. The summed E-state index contributed by atoms with van der Waals surface area (Å²) in [6, 6.07) is 8.36. The van der Waals surface area contributed by atoms with Gasteiger partial charge in [-0.05, 0) is 31.5 Å². The molecule has 18 heavy (non-hydrogen) atoms. The maximum Gasteiger partial charge on any atom is 0.221 e. The molecule has 0 saturated heterocycles. The van der Waals surface area contributed by atoms with Crippen LogP contribution in [-0.2, 0) is 9.53 Å². The molecule has 2 atom stereocenters. The Labute approximate surface area is 109 Å². The van der Waals surface area contributed by atoms with Crippen molar-refractivity contribution in [3.63, 3.8) is 0 Å². The minimum atomic E-state index is -0.0551. The SMILES string of the molecule is COCC(C)NC(C)c1cccc(NC(C)=O)c1. The van der Waals surface area contributed by atoms with Crippen LogP contribution in [0.2, 0.25) is 0 Å². The number of nitrogens with one attached hydrogen (secondary N) is 2.